The smallest absolute Gasteiger partial charge is 0.353 e. The van der Waals surface area contributed by atoms with Crippen LogP contribution in [0.4, 0.5) is 0 Å². The van der Waals surface area contributed by atoms with Crippen LogP contribution in [0.2, 0.25) is 0 Å². The minimum Gasteiger partial charge on any atom is -0.477 e. The van der Waals surface area contributed by atoms with E-state index in [1.807, 2.05) is 48.5 Å². The van der Waals surface area contributed by atoms with Crippen molar-refractivity contribution >= 4 is 52.6 Å². The van der Waals surface area contributed by atoms with Crippen LogP contribution in [0.3, 0.4) is 0 Å². The molecule has 1 saturated heterocycles. The van der Waals surface area contributed by atoms with Crippen LogP contribution in [-0.2, 0) is 16.0 Å². The number of nitrogens with one attached hydrogen (secondary N) is 1. The zero-order valence-corrected chi connectivity index (χ0v) is 20.1. The number of pyridine rings is 1. The van der Waals surface area contributed by atoms with E-state index in [0.717, 1.165) is 16.3 Å². The molecule has 0 radical (unpaired) electrons. The number of amides is 1. The van der Waals surface area contributed by atoms with Gasteiger partial charge in [0.1, 0.15) is 22.1 Å². The molecule has 2 N–H and O–H groups in total. The second-order valence-corrected chi connectivity index (χ2v) is 10.3. The van der Waals surface area contributed by atoms with Crippen LogP contribution in [0, 0.1) is 0 Å². The van der Waals surface area contributed by atoms with E-state index in [4.69, 9.17) is 12.2 Å². The lowest BCUT2D eigenvalue weighted by molar-refractivity contribution is -0.148. The van der Waals surface area contributed by atoms with E-state index < -0.39 is 12.0 Å². The van der Waals surface area contributed by atoms with Gasteiger partial charge < -0.3 is 10.4 Å². The Morgan fingerprint density at radius 1 is 1.18 bits per heavy atom. The summed E-state index contributed by atoms with van der Waals surface area (Å²) in [5, 5.41) is 17.9. The number of carbonyl (C=O) groups excluding carboxylic acids is 1. The van der Waals surface area contributed by atoms with Crippen molar-refractivity contribution in [3.05, 3.63) is 83.3 Å². The highest BCUT2D eigenvalue weighted by Gasteiger charge is 2.54. The van der Waals surface area contributed by atoms with Gasteiger partial charge in [-0.25, -0.2) is 9.48 Å². The summed E-state index contributed by atoms with van der Waals surface area (Å²) in [4.78, 5) is 31.7. The van der Waals surface area contributed by atoms with Crippen LogP contribution in [0.25, 0.3) is 5.69 Å². The number of carboxylic acids is 1. The molecule has 5 rings (SSSR count). The van der Waals surface area contributed by atoms with Crippen LogP contribution in [0.15, 0.2) is 82.7 Å². The third-order valence-electron chi connectivity index (χ3n) is 5.40. The first-order valence-corrected chi connectivity index (χ1v) is 12.7. The number of hydrogen-bond acceptors (Lipinski definition) is 7. The van der Waals surface area contributed by atoms with E-state index in [1.54, 1.807) is 23.3 Å². The minimum absolute atomic E-state index is 0.0256. The van der Waals surface area contributed by atoms with Crippen LogP contribution in [0.5, 0.6) is 0 Å². The maximum atomic E-state index is 13.0. The van der Waals surface area contributed by atoms with Gasteiger partial charge in [-0.3, -0.25) is 14.7 Å². The van der Waals surface area contributed by atoms with Crippen molar-refractivity contribution < 1.29 is 14.7 Å². The fourth-order valence-corrected chi connectivity index (χ4v) is 6.67. The first-order chi connectivity index (χ1) is 16.5. The second-order valence-electron chi connectivity index (χ2n) is 7.58. The highest BCUT2D eigenvalue weighted by molar-refractivity contribution is 8.06. The quantitative estimate of drug-likeness (QED) is 0.368. The molecule has 1 aromatic carbocycles. The van der Waals surface area contributed by atoms with Crippen molar-refractivity contribution in [2.45, 2.75) is 22.9 Å². The van der Waals surface area contributed by atoms with Gasteiger partial charge in [0.05, 0.1) is 16.9 Å². The van der Waals surface area contributed by atoms with Crippen molar-refractivity contribution in [3.8, 4) is 5.69 Å². The molecule has 2 aromatic heterocycles. The number of carboxylic acid groups (broad SMARTS) is 1. The molecular weight excluding hydrogens is 490 g/mol. The highest BCUT2D eigenvalue weighted by Crippen LogP contribution is 2.45. The number of aliphatic carboxylic acids is 1. The van der Waals surface area contributed by atoms with Gasteiger partial charge in [-0.2, -0.15) is 5.10 Å². The number of thiocarbonyl (C=S) groups is 1. The van der Waals surface area contributed by atoms with Crippen molar-refractivity contribution in [1.82, 2.24) is 25.0 Å². The van der Waals surface area contributed by atoms with Gasteiger partial charge in [-0.15, -0.1) is 11.8 Å². The van der Waals surface area contributed by atoms with E-state index >= 15 is 0 Å². The van der Waals surface area contributed by atoms with Crippen LogP contribution in [-0.4, -0.2) is 58.8 Å². The number of carbonyl (C=O) groups is 2. The Labute approximate surface area is 209 Å². The van der Waals surface area contributed by atoms with Crippen molar-refractivity contribution in [2.24, 2.45) is 0 Å². The molecule has 3 aromatic rings. The van der Waals surface area contributed by atoms with E-state index in [2.05, 4.69) is 15.4 Å². The first-order valence-electron chi connectivity index (χ1n) is 10.4. The van der Waals surface area contributed by atoms with Gasteiger partial charge in [0, 0.05) is 29.5 Å². The number of aromatic nitrogens is 3. The number of para-hydroxylation sites is 1. The SMILES string of the molecule is O=C(O)C1=C(Sc2ccnn2-c2ccccc2)CS[C@H]2[C@H](NC(=S)Cc3ccncc3)C(=O)N12. The molecule has 4 heterocycles. The Morgan fingerprint density at radius 3 is 2.68 bits per heavy atom. The lowest BCUT2D eigenvalue weighted by Gasteiger charge is -2.49. The molecule has 0 bridgehead atoms. The van der Waals surface area contributed by atoms with E-state index in [0.29, 0.717) is 22.1 Å². The molecule has 1 amide bonds. The standard InChI is InChI=1S/C23H19N5O3S3/c29-21-19(26-17(32)12-14-6-9-24-10-7-14)22-27(21)20(23(30)31)16(13-33-22)34-18-8-11-25-28(18)15-4-2-1-3-5-15/h1-11,19,22H,12-13H2,(H,26,32)(H,30,31)/t19-,22+/m1/s1. The Kier molecular flexibility index (Phi) is 6.40. The molecule has 0 unspecified atom stereocenters. The molecule has 1 fully saturated rings. The Bertz CT molecular complexity index is 1280. The third-order valence-corrected chi connectivity index (χ3v) is 8.23. The largest absolute Gasteiger partial charge is 0.477 e. The summed E-state index contributed by atoms with van der Waals surface area (Å²) in [6.07, 6.45) is 5.55. The highest BCUT2D eigenvalue weighted by atomic mass is 32.2. The third kappa shape index (κ3) is 4.33. The van der Waals surface area contributed by atoms with Crippen LogP contribution in [0.1, 0.15) is 5.56 Å². The fraction of sp³-hybridized carbons (Fsp3) is 0.174. The Balaban J connectivity index is 1.34. The van der Waals surface area contributed by atoms with Gasteiger partial charge in [0.2, 0.25) is 0 Å². The average molecular weight is 510 g/mol. The molecule has 11 heteroatoms. The topological polar surface area (TPSA) is 100 Å². The molecule has 2 aliphatic heterocycles. The zero-order valence-electron chi connectivity index (χ0n) is 17.7. The summed E-state index contributed by atoms with van der Waals surface area (Å²) >= 11 is 8.29. The maximum absolute atomic E-state index is 13.0. The molecule has 8 nitrogen and oxygen atoms in total. The molecule has 0 saturated carbocycles. The summed E-state index contributed by atoms with van der Waals surface area (Å²) in [5.41, 5.74) is 1.89. The van der Waals surface area contributed by atoms with E-state index in [-0.39, 0.29) is 17.0 Å². The molecule has 34 heavy (non-hydrogen) atoms. The van der Waals surface area contributed by atoms with Crippen LogP contribution >= 0.6 is 35.7 Å². The molecule has 172 valence electrons. The molecular formula is C23H19N5O3S3. The van der Waals surface area contributed by atoms with Gasteiger partial charge in [0.15, 0.2) is 0 Å². The van der Waals surface area contributed by atoms with E-state index in [9.17, 15) is 14.7 Å². The number of β-lactam (4-membered cyclic amide) rings is 1. The fourth-order valence-electron chi connectivity index (χ4n) is 3.84. The number of rotatable bonds is 7. The second kappa shape index (κ2) is 9.61. The predicted octanol–water partition coefficient (Wildman–Crippen LogP) is 3.10. The lowest BCUT2D eigenvalue weighted by atomic mass is 10.0. The van der Waals surface area contributed by atoms with Gasteiger partial charge >= 0.3 is 5.97 Å². The summed E-state index contributed by atoms with van der Waals surface area (Å²) in [5.74, 6) is -0.943. The van der Waals surface area contributed by atoms with Crippen LogP contribution < -0.4 is 5.32 Å². The van der Waals surface area contributed by atoms with Crippen molar-refractivity contribution in [3.63, 3.8) is 0 Å². The lowest BCUT2D eigenvalue weighted by Crippen LogP contribution is -2.70. The van der Waals surface area contributed by atoms with Crippen molar-refractivity contribution in [2.75, 3.05) is 5.75 Å². The molecule has 0 aliphatic carbocycles. The monoisotopic (exact) mass is 509 g/mol. The predicted molar refractivity (Wildman–Crippen MR) is 135 cm³/mol. The Morgan fingerprint density at radius 2 is 1.94 bits per heavy atom. The number of hydrogen-bond donors (Lipinski definition) is 2. The first kappa shape index (κ1) is 22.6. The van der Waals surface area contributed by atoms with E-state index in [1.165, 1.54) is 28.4 Å². The summed E-state index contributed by atoms with van der Waals surface area (Å²) in [7, 11) is 0. The maximum Gasteiger partial charge on any atom is 0.353 e. The molecule has 2 aliphatic rings. The number of thioether (sulfide) groups is 2. The minimum atomic E-state index is -1.12. The van der Waals surface area contributed by atoms with Crippen molar-refractivity contribution in [1.29, 1.82) is 0 Å². The Hall–Kier alpha value is -3.15. The normalized spacial score (nSPS) is 19.4. The number of benzene rings is 1. The number of fused-ring (bicyclic) bond motifs is 1. The van der Waals surface area contributed by atoms with Gasteiger partial charge in [0.25, 0.3) is 5.91 Å². The summed E-state index contributed by atoms with van der Waals surface area (Å²) < 4.78 is 1.76. The summed E-state index contributed by atoms with van der Waals surface area (Å²) in [6, 6.07) is 14.6. The average Bonchev–Trinajstić information content (AvgIpc) is 3.31. The summed E-state index contributed by atoms with van der Waals surface area (Å²) in [6.45, 7) is 0. The molecule has 0 spiro atoms. The zero-order chi connectivity index (χ0) is 23.7. The molecule has 2 atom stereocenters. The van der Waals surface area contributed by atoms with Gasteiger partial charge in [-0.05, 0) is 35.9 Å². The van der Waals surface area contributed by atoms with Gasteiger partial charge in [-0.1, -0.05) is 42.2 Å². The number of nitrogens with zero attached hydrogens (tertiary/aromatic N) is 4.